The molecule has 2 fully saturated rings. The van der Waals surface area contributed by atoms with Crippen molar-refractivity contribution in [2.75, 3.05) is 13.1 Å². The van der Waals surface area contributed by atoms with Crippen molar-refractivity contribution in [2.45, 2.75) is 31.7 Å². The Morgan fingerprint density at radius 1 is 1.12 bits per heavy atom. The van der Waals surface area contributed by atoms with E-state index in [-0.39, 0.29) is 5.41 Å². The van der Waals surface area contributed by atoms with Crippen LogP contribution in [0, 0.1) is 5.41 Å². The molecule has 1 saturated heterocycles. The lowest BCUT2D eigenvalue weighted by atomic mass is 9.76. The first-order chi connectivity index (χ1) is 8.31. The average Bonchev–Trinajstić information content (AvgIpc) is 3.15. The summed E-state index contributed by atoms with van der Waals surface area (Å²) in [6, 6.07) is 9.12. The number of piperidine rings is 1. The minimum absolute atomic E-state index is 0.00870. The highest BCUT2D eigenvalue weighted by atomic mass is 16.1. The van der Waals surface area contributed by atoms with Gasteiger partial charge in [0.15, 0.2) is 0 Å². The molecule has 2 aliphatic heterocycles. The molecule has 4 rings (SSSR count). The minimum Gasteiger partial charge on any atom is -0.299 e. The predicted octanol–water partition coefficient (Wildman–Crippen LogP) is 2.34. The Bertz CT molecular complexity index is 489. The van der Waals surface area contributed by atoms with Crippen LogP contribution in [0.1, 0.15) is 36.4 Å². The second-order valence-corrected chi connectivity index (χ2v) is 5.72. The zero-order valence-electron chi connectivity index (χ0n) is 9.98. The van der Waals surface area contributed by atoms with Gasteiger partial charge in [-0.25, -0.2) is 0 Å². The third-order valence-electron chi connectivity index (χ3n) is 4.88. The van der Waals surface area contributed by atoms with Crippen molar-refractivity contribution in [3.05, 3.63) is 35.4 Å². The Morgan fingerprint density at radius 3 is 2.71 bits per heavy atom. The molecule has 0 bridgehead atoms. The van der Waals surface area contributed by atoms with Crippen molar-refractivity contribution in [1.29, 1.82) is 0 Å². The lowest BCUT2D eigenvalue weighted by Gasteiger charge is -2.45. The summed E-state index contributed by atoms with van der Waals surface area (Å²) >= 11 is 0. The number of carbonyl (C=O) groups is 1. The van der Waals surface area contributed by atoms with Crippen LogP contribution in [0.4, 0.5) is 0 Å². The first-order valence-electron chi connectivity index (χ1n) is 6.66. The molecular formula is C15H17NO. The van der Waals surface area contributed by atoms with Crippen LogP contribution in [-0.2, 0) is 11.2 Å². The molecule has 1 unspecified atom stereocenters. The van der Waals surface area contributed by atoms with Crippen LogP contribution in [0.3, 0.4) is 0 Å². The second-order valence-electron chi connectivity index (χ2n) is 5.72. The fourth-order valence-electron chi connectivity index (χ4n) is 3.84. The first-order valence-corrected chi connectivity index (χ1v) is 6.66. The van der Waals surface area contributed by atoms with Crippen LogP contribution in [0.5, 0.6) is 0 Å². The number of Topliss-reactive ketones (excluding diaryl/α,β-unsaturated/α-hetero) is 1. The predicted molar refractivity (Wildman–Crippen MR) is 65.8 cm³/mol. The maximum Gasteiger partial charge on any atom is 0.142 e. The smallest absolute Gasteiger partial charge is 0.142 e. The van der Waals surface area contributed by atoms with Gasteiger partial charge in [-0.2, -0.15) is 0 Å². The Balaban J connectivity index is 1.86. The van der Waals surface area contributed by atoms with E-state index < -0.39 is 0 Å². The quantitative estimate of drug-likeness (QED) is 0.678. The molecule has 17 heavy (non-hydrogen) atoms. The molecule has 0 aromatic heterocycles. The monoisotopic (exact) mass is 227 g/mol. The Morgan fingerprint density at radius 2 is 1.88 bits per heavy atom. The summed E-state index contributed by atoms with van der Waals surface area (Å²) in [5.41, 5.74) is 2.91. The molecule has 1 aliphatic carbocycles. The third kappa shape index (κ3) is 1.22. The number of rotatable bonds is 0. The van der Waals surface area contributed by atoms with Gasteiger partial charge in [0.1, 0.15) is 5.78 Å². The van der Waals surface area contributed by atoms with Crippen molar-refractivity contribution in [1.82, 2.24) is 4.90 Å². The Labute approximate surface area is 102 Å². The molecule has 88 valence electrons. The van der Waals surface area contributed by atoms with Gasteiger partial charge >= 0.3 is 0 Å². The Hall–Kier alpha value is -1.15. The standard InChI is InChI=1S/C15H17NO/c17-13-6-10-16-9-5-11-3-1-2-4-12(11)14(16)15(13)7-8-15/h1-4,14H,5-10H2. The maximum absolute atomic E-state index is 12.2. The normalized spacial score (nSPS) is 29.9. The summed E-state index contributed by atoms with van der Waals surface area (Å²) in [5, 5.41) is 0. The third-order valence-corrected chi connectivity index (χ3v) is 4.88. The minimum atomic E-state index is 0.00870. The molecule has 0 N–H and O–H groups in total. The van der Waals surface area contributed by atoms with E-state index in [1.165, 1.54) is 11.1 Å². The molecule has 0 radical (unpaired) electrons. The van der Waals surface area contributed by atoms with E-state index in [4.69, 9.17) is 0 Å². The SMILES string of the molecule is O=C1CCN2CCc3ccccc3C2C12CC2. The zero-order valence-corrected chi connectivity index (χ0v) is 9.98. The number of hydrogen-bond donors (Lipinski definition) is 0. The highest BCUT2D eigenvalue weighted by Gasteiger charge is 2.59. The van der Waals surface area contributed by atoms with Gasteiger partial charge in [0.25, 0.3) is 0 Å². The number of carbonyl (C=O) groups excluding carboxylic acids is 1. The highest BCUT2D eigenvalue weighted by molar-refractivity contribution is 5.89. The van der Waals surface area contributed by atoms with Gasteiger partial charge < -0.3 is 0 Å². The first kappa shape index (κ1) is 9.84. The molecule has 3 aliphatic rings. The maximum atomic E-state index is 12.2. The van der Waals surface area contributed by atoms with Gasteiger partial charge in [-0.15, -0.1) is 0 Å². The second kappa shape index (κ2) is 3.20. The van der Waals surface area contributed by atoms with Crippen LogP contribution in [0.15, 0.2) is 24.3 Å². The van der Waals surface area contributed by atoms with Gasteiger partial charge in [-0.1, -0.05) is 24.3 Å². The summed E-state index contributed by atoms with van der Waals surface area (Å²) in [6.45, 7) is 2.11. The van der Waals surface area contributed by atoms with E-state index in [1.807, 2.05) is 0 Å². The summed E-state index contributed by atoms with van der Waals surface area (Å²) in [5.74, 6) is 0.524. The molecule has 1 saturated carbocycles. The number of hydrogen-bond acceptors (Lipinski definition) is 2. The Kier molecular flexibility index (Phi) is 1.85. The summed E-state index contributed by atoms with van der Waals surface area (Å²) in [6.07, 6.45) is 4.15. The average molecular weight is 227 g/mol. The molecule has 2 nitrogen and oxygen atoms in total. The molecule has 0 amide bonds. The summed E-state index contributed by atoms with van der Waals surface area (Å²) in [7, 11) is 0. The lowest BCUT2D eigenvalue weighted by molar-refractivity contribution is -0.131. The molecule has 1 aromatic carbocycles. The topological polar surface area (TPSA) is 20.3 Å². The molecule has 2 heterocycles. The van der Waals surface area contributed by atoms with Gasteiger partial charge in [0.05, 0.1) is 0 Å². The number of ketones is 1. The van der Waals surface area contributed by atoms with E-state index in [9.17, 15) is 4.79 Å². The van der Waals surface area contributed by atoms with Crippen molar-refractivity contribution in [3.8, 4) is 0 Å². The number of benzene rings is 1. The molecular weight excluding hydrogens is 210 g/mol. The highest BCUT2D eigenvalue weighted by Crippen LogP contribution is 2.61. The molecule has 1 aromatic rings. The van der Waals surface area contributed by atoms with Gasteiger partial charge in [0, 0.05) is 31.0 Å². The lowest BCUT2D eigenvalue weighted by Crippen LogP contribution is -2.48. The summed E-state index contributed by atoms with van der Waals surface area (Å²) in [4.78, 5) is 14.8. The van der Waals surface area contributed by atoms with E-state index in [0.717, 1.165) is 38.8 Å². The van der Waals surface area contributed by atoms with E-state index >= 15 is 0 Å². The van der Waals surface area contributed by atoms with E-state index in [0.29, 0.717) is 11.8 Å². The van der Waals surface area contributed by atoms with Crippen LogP contribution in [0.25, 0.3) is 0 Å². The number of fused-ring (bicyclic) bond motifs is 4. The largest absolute Gasteiger partial charge is 0.299 e. The van der Waals surface area contributed by atoms with Gasteiger partial charge in [-0.3, -0.25) is 9.69 Å². The van der Waals surface area contributed by atoms with Gasteiger partial charge in [0.2, 0.25) is 0 Å². The van der Waals surface area contributed by atoms with Crippen LogP contribution >= 0.6 is 0 Å². The van der Waals surface area contributed by atoms with Crippen molar-refractivity contribution >= 4 is 5.78 Å². The fourth-order valence-corrected chi connectivity index (χ4v) is 3.84. The summed E-state index contributed by atoms with van der Waals surface area (Å²) < 4.78 is 0. The fraction of sp³-hybridized carbons (Fsp3) is 0.533. The molecule has 1 atom stereocenters. The molecule has 1 spiro atoms. The molecule has 2 heteroatoms. The van der Waals surface area contributed by atoms with Crippen LogP contribution in [-0.4, -0.2) is 23.8 Å². The van der Waals surface area contributed by atoms with E-state index in [2.05, 4.69) is 29.2 Å². The number of nitrogens with zero attached hydrogens (tertiary/aromatic N) is 1. The van der Waals surface area contributed by atoms with Crippen LogP contribution in [0.2, 0.25) is 0 Å². The zero-order chi connectivity index (χ0) is 11.5. The van der Waals surface area contributed by atoms with Crippen LogP contribution < -0.4 is 0 Å². The van der Waals surface area contributed by atoms with Crippen molar-refractivity contribution < 1.29 is 4.79 Å². The van der Waals surface area contributed by atoms with E-state index in [1.54, 1.807) is 0 Å². The van der Waals surface area contributed by atoms with Crippen molar-refractivity contribution in [3.63, 3.8) is 0 Å². The van der Waals surface area contributed by atoms with Crippen molar-refractivity contribution in [2.24, 2.45) is 5.41 Å². The van der Waals surface area contributed by atoms with Gasteiger partial charge in [-0.05, 0) is 30.4 Å².